The van der Waals surface area contributed by atoms with Gasteiger partial charge in [0.05, 0.1) is 17.8 Å². The fourth-order valence-corrected chi connectivity index (χ4v) is 2.62. The van der Waals surface area contributed by atoms with Crippen molar-refractivity contribution in [1.29, 1.82) is 0 Å². The van der Waals surface area contributed by atoms with Crippen LogP contribution in [0.5, 0.6) is 0 Å². The van der Waals surface area contributed by atoms with Crippen molar-refractivity contribution in [3.63, 3.8) is 0 Å². The first kappa shape index (κ1) is 13.8. The van der Waals surface area contributed by atoms with Gasteiger partial charge < -0.3 is 4.90 Å². The Morgan fingerprint density at radius 3 is 2.67 bits per heavy atom. The summed E-state index contributed by atoms with van der Waals surface area (Å²) in [5.41, 5.74) is 0.785. The lowest BCUT2D eigenvalue weighted by Gasteiger charge is -2.30. The molecule has 2 aromatic heterocycles. The fraction of sp³-hybridized carbons (Fsp3) is 0.500. The molecule has 0 unspecified atom stereocenters. The highest BCUT2D eigenvalue weighted by atomic mass is 16.1. The van der Waals surface area contributed by atoms with E-state index in [2.05, 4.69) is 32.1 Å². The molecule has 0 spiro atoms. The van der Waals surface area contributed by atoms with E-state index in [0.29, 0.717) is 17.3 Å². The highest BCUT2D eigenvalue weighted by Gasteiger charge is 2.22. The van der Waals surface area contributed by atoms with E-state index in [1.807, 2.05) is 4.68 Å². The Morgan fingerprint density at radius 2 is 2.00 bits per heavy atom. The van der Waals surface area contributed by atoms with E-state index in [-0.39, 0.29) is 5.78 Å². The Kier molecular flexibility index (Phi) is 4.01. The maximum atomic E-state index is 12.2. The summed E-state index contributed by atoms with van der Waals surface area (Å²) >= 11 is 0. The van der Waals surface area contributed by atoms with Crippen molar-refractivity contribution in [2.75, 3.05) is 19.6 Å². The van der Waals surface area contributed by atoms with Gasteiger partial charge in [-0.25, -0.2) is 14.6 Å². The second-order valence-electron chi connectivity index (χ2n) is 5.21. The van der Waals surface area contributed by atoms with Crippen LogP contribution in [-0.2, 0) is 0 Å². The second-order valence-corrected chi connectivity index (χ2v) is 5.21. The average molecular weight is 286 g/mol. The summed E-state index contributed by atoms with van der Waals surface area (Å²) in [6.45, 7) is 5.39. The molecule has 0 aromatic carbocycles. The van der Waals surface area contributed by atoms with E-state index in [0.717, 1.165) is 32.5 Å². The van der Waals surface area contributed by atoms with Crippen LogP contribution in [0.15, 0.2) is 24.9 Å². The molecule has 3 rings (SSSR count). The minimum Gasteiger partial charge on any atom is -0.303 e. The third-order valence-corrected chi connectivity index (χ3v) is 3.94. The van der Waals surface area contributed by atoms with Gasteiger partial charge in [-0.15, -0.1) is 5.10 Å². The molecule has 21 heavy (non-hydrogen) atoms. The molecule has 7 nitrogen and oxygen atoms in total. The molecule has 1 saturated heterocycles. The summed E-state index contributed by atoms with van der Waals surface area (Å²) in [5, 5.41) is 8.12. The molecule has 1 aliphatic heterocycles. The van der Waals surface area contributed by atoms with E-state index in [9.17, 15) is 4.79 Å². The summed E-state index contributed by atoms with van der Waals surface area (Å²) in [6.07, 6.45) is 8.21. The van der Waals surface area contributed by atoms with Gasteiger partial charge in [0.25, 0.3) is 0 Å². The monoisotopic (exact) mass is 286 g/mol. The first-order chi connectivity index (χ1) is 10.3. The van der Waals surface area contributed by atoms with Gasteiger partial charge in [0.15, 0.2) is 5.69 Å². The molecule has 0 bridgehead atoms. The smallest absolute Gasteiger partial charge is 0.217 e. The molecule has 110 valence electrons. The van der Waals surface area contributed by atoms with E-state index >= 15 is 0 Å². The molecule has 0 aliphatic carbocycles. The number of carbonyl (C=O) groups is 1. The molecule has 2 aromatic rings. The third-order valence-electron chi connectivity index (χ3n) is 3.94. The maximum absolute atomic E-state index is 12.2. The number of carbonyl (C=O) groups excluding carboxylic acids is 1. The average Bonchev–Trinajstić information content (AvgIpc) is 3.05. The number of likely N-dealkylation sites (tertiary alicyclic amines) is 1. The van der Waals surface area contributed by atoms with Gasteiger partial charge >= 0.3 is 0 Å². The summed E-state index contributed by atoms with van der Waals surface area (Å²) in [7, 11) is 0. The Morgan fingerprint density at radius 1 is 1.29 bits per heavy atom. The number of aromatic nitrogens is 5. The molecule has 0 atom stereocenters. The lowest BCUT2D eigenvalue weighted by Crippen LogP contribution is -2.34. The fourth-order valence-electron chi connectivity index (χ4n) is 2.62. The van der Waals surface area contributed by atoms with Crippen LogP contribution in [0, 0.1) is 0 Å². The van der Waals surface area contributed by atoms with Crippen molar-refractivity contribution in [3.8, 4) is 0 Å². The Labute approximate surface area is 123 Å². The largest absolute Gasteiger partial charge is 0.303 e. The minimum atomic E-state index is -0.187. The second kappa shape index (κ2) is 6.09. The van der Waals surface area contributed by atoms with Gasteiger partial charge in [0.2, 0.25) is 5.78 Å². The molecule has 0 N–H and O–H groups in total. The van der Waals surface area contributed by atoms with Crippen molar-refractivity contribution >= 4 is 5.78 Å². The van der Waals surface area contributed by atoms with E-state index in [1.54, 1.807) is 6.20 Å². The van der Waals surface area contributed by atoms with Gasteiger partial charge in [0, 0.05) is 25.5 Å². The van der Waals surface area contributed by atoms with Crippen molar-refractivity contribution in [3.05, 3.63) is 36.2 Å². The van der Waals surface area contributed by atoms with Crippen LogP contribution in [0.25, 0.3) is 0 Å². The maximum Gasteiger partial charge on any atom is 0.217 e. The van der Waals surface area contributed by atoms with Gasteiger partial charge in [-0.2, -0.15) is 0 Å². The highest BCUT2D eigenvalue weighted by Crippen LogP contribution is 2.21. The number of hydrogen-bond donors (Lipinski definition) is 0. The molecule has 7 heteroatoms. The van der Waals surface area contributed by atoms with Gasteiger partial charge in [-0.3, -0.25) is 4.79 Å². The van der Waals surface area contributed by atoms with Crippen LogP contribution in [0.1, 0.15) is 41.9 Å². The van der Waals surface area contributed by atoms with Crippen molar-refractivity contribution in [2.45, 2.75) is 25.8 Å². The third kappa shape index (κ3) is 2.97. The Hall–Kier alpha value is -2.15. The summed E-state index contributed by atoms with van der Waals surface area (Å²) in [6, 6.07) is 0.328. The predicted molar refractivity (Wildman–Crippen MR) is 75.9 cm³/mol. The molecule has 1 aliphatic rings. The first-order valence-electron chi connectivity index (χ1n) is 7.22. The lowest BCUT2D eigenvalue weighted by molar-refractivity contribution is 0.103. The summed E-state index contributed by atoms with van der Waals surface area (Å²) in [5.74, 6) is -0.187. The number of nitrogens with zero attached hydrogens (tertiary/aromatic N) is 6. The van der Waals surface area contributed by atoms with E-state index < -0.39 is 0 Å². The van der Waals surface area contributed by atoms with Crippen molar-refractivity contribution in [2.24, 2.45) is 0 Å². The van der Waals surface area contributed by atoms with Crippen LogP contribution in [0.4, 0.5) is 0 Å². The molecule has 3 heterocycles. The minimum absolute atomic E-state index is 0.187. The number of piperidine rings is 1. The molecular weight excluding hydrogens is 268 g/mol. The summed E-state index contributed by atoms with van der Waals surface area (Å²) < 4.78 is 1.82. The summed E-state index contributed by atoms with van der Waals surface area (Å²) in [4.78, 5) is 22.4. The lowest BCUT2D eigenvalue weighted by atomic mass is 10.1. The molecular formula is C14H18N6O. The van der Waals surface area contributed by atoms with Gasteiger partial charge in [-0.1, -0.05) is 12.1 Å². The zero-order valence-electron chi connectivity index (χ0n) is 12.0. The van der Waals surface area contributed by atoms with Crippen LogP contribution >= 0.6 is 0 Å². The molecule has 1 fully saturated rings. The van der Waals surface area contributed by atoms with Crippen LogP contribution in [-0.4, -0.2) is 55.3 Å². The van der Waals surface area contributed by atoms with Crippen LogP contribution in [0.3, 0.4) is 0 Å². The molecule has 0 saturated carbocycles. The number of rotatable bonds is 4. The van der Waals surface area contributed by atoms with E-state index in [4.69, 9.17) is 0 Å². The van der Waals surface area contributed by atoms with Gasteiger partial charge in [-0.05, 0) is 19.4 Å². The van der Waals surface area contributed by atoms with Crippen molar-refractivity contribution in [1.82, 2.24) is 29.9 Å². The standard InChI is InChI=1S/C14H18N6O/c1-2-19-5-3-12(4-6-19)20-9-13(17-18-20)14(21)11-7-15-10-16-8-11/h7-10,12H,2-6H2,1H3. The zero-order valence-corrected chi connectivity index (χ0v) is 12.0. The van der Waals surface area contributed by atoms with E-state index in [1.165, 1.54) is 18.7 Å². The normalized spacial score (nSPS) is 17.0. The number of ketones is 1. The number of hydrogen-bond acceptors (Lipinski definition) is 6. The molecule has 0 amide bonds. The highest BCUT2D eigenvalue weighted by molar-refractivity contribution is 6.07. The quantitative estimate of drug-likeness (QED) is 0.779. The SMILES string of the molecule is CCN1CCC(n2cc(C(=O)c3cncnc3)nn2)CC1. The van der Waals surface area contributed by atoms with Crippen LogP contribution < -0.4 is 0 Å². The topological polar surface area (TPSA) is 76.8 Å². The molecule has 0 radical (unpaired) electrons. The predicted octanol–water partition coefficient (Wildman–Crippen LogP) is 0.956. The Balaban J connectivity index is 1.71. The first-order valence-corrected chi connectivity index (χ1v) is 7.22. The Bertz CT molecular complexity index is 603. The van der Waals surface area contributed by atoms with Crippen molar-refractivity contribution < 1.29 is 4.79 Å². The zero-order chi connectivity index (χ0) is 14.7. The van der Waals surface area contributed by atoms with Gasteiger partial charge in [0.1, 0.15) is 6.33 Å². The van der Waals surface area contributed by atoms with Crippen LogP contribution in [0.2, 0.25) is 0 Å².